The van der Waals surface area contributed by atoms with Gasteiger partial charge in [-0.05, 0) is 49.8 Å². The molecule has 5 rings (SSSR count). The molecule has 35 heavy (non-hydrogen) atoms. The number of carbonyl (C=O) groups is 2. The fourth-order valence-electron chi connectivity index (χ4n) is 4.63. The van der Waals surface area contributed by atoms with Crippen LogP contribution in [0, 0.1) is 23.6 Å². The standard InChI is InChI=1S/C25H22F4N4O2/c26-18-11-17(24(30)35)22-21(16-7-6-14(25(27,28)29)10-19(16)32-22)23(18)33-9-1-2-15(12-33)31-20(34)8-5-13-3-4-13/h6-7,10-11,13,15,32H,1-4,9,12H2,(H2,30,35)(H,31,34). The predicted octanol–water partition coefficient (Wildman–Crippen LogP) is 4.08. The SMILES string of the molecule is NC(=O)c1cc(F)c(N2CCCC(NC(=O)C#CC3CC3)C2)c2c1[nH]c1cc(C(F)(F)F)ccc12. The highest BCUT2D eigenvalue weighted by molar-refractivity contribution is 6.19. The minimum Gasteiger partial charge on any atom is -0.367 e. The molecule has 0 radical (unpaired) electrons. The Kier molecular flexibility index (Phi) is 5.58. The normalized spacial score (nSPS) is 18.4. The molecule has 10 heteroatoms. The van der Waals surface area contributed by atoms with Crippen LogP contribution in [0.2, 0.25) is 0 Å². The lowest BCUT2D eigenvalue weighted by molar-refractivity contribution is -0.137. The lowest BCUT2D eigenvalue weighted by Crippen LogP contribution is -2.47. The Morgan fingerprint density at radius 2 is 1.94 bits per heavy atom. The van der Waals surface area contributed by atoms with Gasteiger partial charge in [-0.2, -0.15) is 13.2 Å². The summed E-state index contributed by atoms with van der Waals surface area (Å²) in [6.45, 7) is 0.751. The Bertz CT molecular complexity index is 1410. The molecule has 2 fully saturated rings. The Morgan fingerprint density at radius 1 is 1.17 bits per heavy atom. The number of anilines is 1. The molecule has 1 saturated carbocycles. The van der Waals surface area contributed by atoms with E-state index in [1.807, 2.05) is 0 Å². The predicted molar refractivity (Wildman–Crippen MR) is 123 cm³/mol. The van der Waals surface area contributed by atoms with E-state index in [0.717, 1.165) is 31.0 Å². The summed E-state index contributed by atoms with van der Waals surface area (Å²) in [7, 11) is 0. The summed E-state index contributed by atoms with van der Waals surface area (Å²) < 4.78 is 55.2. The molecule has 2 aliphatic rings. The number of alkyl halides is 3. The average molecular weight is 486 g/mol. The number of rotatable bonds is 3. The minimum atomic E-state index is -4.56. The van der Waals surface area contributed by atoms with Crippen molar-refractivity contribution in [3.8, 4) is 11.8 Å². The summed E-state index contributed by atoms with van der Waals surface area (Å²) in [5.74, 6) is 3.80. The summed E-state index contributed by atoms with van der Waals surface area (Å²) in [4.78, 5) is 28.8. The average Bonchev–Trinajstić information content (AvgIpc) is 3.55. The fourth-order valence-corrected chi connectivity index (χ4v) is 4.63. The zero-order chi connectivity index (χ0) is 24.9. The van der Waals surface area contributed by atoms with Gasteiger partial charge in [-0.25, -0.2) is 4.39 Å². The van der Waals surface area contributed by atoms with Gasteiger partial charge in [0.1, 0.15) is 5.82 Å². The van der Waals surface area contributed by atoms with Gasteiger partial charge in [0.05, 0.1) is 22.3 Å². The van der Waals surface area contributed by atoms with Crippen molar-refractivity contribution < 1.29 is 27.2 Å². The van der Waals surface area contributed by atoms with Crippen molar-refractivity contribution in [1.29, 1.82) is 0 Å². The molecule has 1 saturated heterocycles. The second-order valence-electron chi connectivity index (χ2n) is 9.05. The number of benzene rings is 2. The highest BCUT2D eigenvalue weighted by atomic mass is 19.4. The van der Waals surface area contributed by atoms with Crippen molar-refractivity contribution in [3.05, 3.63) is 41.2 Å². The summed E-state index contributed by atoms with van der Waals surface area (Å²) >= 11 is 0. The van der Waals surface area contributed by atoms with E-state index in [-0.39, 0.29) is 52.1 Å². The molecular weight excluding hydrogens is 464 g/mol. The van der Waals surface area contributed by atoms with Gasteiger partial charge in [0.15, 0.2) is 0 Å². The number of hydrogen-bond acceptors (Lipinski definition) is 3. The highest BCUT2D eigenvalue weighted by Gasteiger charge is 2.32. The summed E-state index contributed by atoms with van der Waals surface area (Å²) in [6.07, 6.45) is -1.22. The molecule has 1 atom stereocenters. The number of nitrogens with zero attached hydrogens (tertiary/aromatic N) is 1. The van der Waals surface area contributed by atoms with Gasteiger partial charge in [-0.1, -0.05) is 12.0 Å². The molecule has 0 bridgehead atoms. The lowest BCUT2D eigenvalue weighted by atomic mass is 10.00. The largest absolute Gasteiger partial charge is 0.416 e. The first-order valence-electron chi connectivity index (χ1n) is 11.3. The van der Waals surface area contributed by atoms with Crippen molar-refractivity contribution >= 4 is 39.3 Å². The van der Waals surface area contributed by atoms with E-state index in [4.69, 9.17) is 5.73 Å². The first-order chi connectivity index (χ1) is 16.6. The maximum atomic E-state index is 15.5. The number of fused-ring (bicyclic) bond motifs is 3. The molecule has 4 N–H and O–H groups in total. The topological polar surface area (TPSA) is 91.2 Å². The van der Waals surface area contributed by atoms with E-state index in [0.29, 0.717) is 24.8 Å². The van der Waals surface area contributed by atoms with Gasteiger partial charge in [0, 0.05) is 41.3 Å². The highest BCUT2D eigenvalue weighted by Crippen LogP contribution is 2.40. The Morgan fingerprint density at radius 3 is 2.63 bits per heavy atom. The van der Waals surface area contributed by atoms with Crippen molar-refractivity contribution in [2.24, 2.45) is 11.7 Å². The Balaban J connectivity index is 1.56. The van der Waals surface area contributed by atoms with E-state index < -0.39 is 23.5 Å². The molecule has 182 valence electrons. The smallest absolute Gasteiger partial charge is 0.367 e. The van der Waals surface area contributed by atoms with Gasteiger partial charge in [0.2, 0.25) is 0 Å². The number of nitrogens with two attached hydrogens (primary N) is 1. The molecule has 2 heterocycles. The third-order valence-electron chi connectivity index (χ3n) is 6.43. The van der Waals surface area contributed by atoms with Gasteiger partial charge in [-0.15, -0.1) is 0 Å². The van der Waals surface area contributed by atoms with Crippen LogP contribution in [0.25, 0.3) is 21.8 Å². The zero-order valence-electron chi connectivity index (χ0n) is 18.6. The fraction of sp³-hybridized carbons (Fsp3) is 0.360. The Hall–Kier alpha value is -3.74. The zero-order valence-corrected chi connectivity index (χ0v) is 18.6. The third kappa shape index (κ3) is 4.50. The van der Waals surface area contributed by atoms with E-state index in [1.165, 1.54) is 6.07 Å². The van der Waals surface area contributed by atoms with Crippen LogP contribution in [0.3, 0.4) is 0 Å². The molecule has 6 nitrogen and oxygen atoms in total. The summed E-state index contributed by atoms with van der Waals surface area (Å²) in [5, 5.41) is 3.49. The van der Waals surface area contributed by atoms with Crippen molar-refractivity contribution in [1.82, 2.24) is 10.3 Å². The maximum Gasteiger partial charge on any atom is 0.416 e. The number of carbonyl (C=O) groups excluding carboxylic acids is 2. The molecule has 0 spiro atoms. The molecule has 2 amide bonds. The monoisotopic (exact) mass is 486 g/mol. The second kappa shape index (κ2) is 8.48. The lowest BCUT2D eigenvalue weighted by Gasteiger charge is -2.35. The number of aromatic amines is 1. The first-order valence-corrected chi connectivity index (χ1v) is 11.3. The van der Waals surface area contributed by atoms with Crippen LogP contribution >= 0.6 is 0 Å². The van der Waals surface area contributed by atoms with E-state index >= 15 is 4.39 Å². The number of amides is 2. The number of nitrogens with one attached hydrogen (secondary N) is 2. The Labute approximate surface area is 197 Å². The number of halogens is 4. The molecule has 2 aromatic carbocycles. The van der Waals surface area contributed by atoms with Crippen LogP contribution in [0.5, 0.6) is 0 Å². The van der Waals surface area contributed by atoms with Crippen LogP contribution in [0.1, 0.15) is 41.6 Å². The number of H-pyrrole nitrogens is 1. The number of primary amides is 1. The van der Waals surface area contributed by atoms with Crippen molar-refractivity contribution in [3.63, 3.8) is 0 Å². The van der Waals surface area contributed by atoms with Gasteiger partial charge in [-0.3, -0.25) is 9.59 Å². The molecule has 1 unspecified atom stereocenters. The minimum absolute atomic E-state index is 0.112. The first kappa shape index (κ1) is 23.0. The second-order valence-corrected chi connectivity index (χ2v) is 9.05. The quantitative estimate of drug-likeness (QED) is 0.385. The van der Waals surface area contributed by atoms with Gasteiger partial charge >= 0.3 is 6.18 Å². The number of aromatic nitrogens is 1. The summed E-state index contributed by atoms with van der Waals surface area (Å²) in [5.41, 5.74) is 4.87. The maximum absolute atomic E-state index is 15.5. The molecule has 1 aliphatic carbocycles. The third-order valence-corrected chi connectivity index (χ3v) is 6.43. The van der Waals surface area contributed by atoms with E-state index in [9.17, 15) is 22.8 Å². The van der Waals surface area contributed by atoms with Crippen LogP contribution in [0.4, 0.5) is 23.2 Å². The van der Waals surface area contributed by atoms with Crippen LogP contribution < -0.4 is 16.0 Å². The van der Waals surface area contributed by atoms with Crippen LogP contribution in [0.15, 0.2) is 24.3 Å². The van der Waals surface area contributed by atoms with Crippen LogP contribution in [-0.2, 0) is 11.0 Å². The molecule has 3 aromatic rings. The molecule has 1 aromatic heterocycles. The van der Waals surface area contributed by atoms with Gasteiger partial charge in [0.25, 0.3) is 11.8 Å². The van der Waals surface area contributed by atoms with Crippen molar-refractivity contribution in [2.75, 3.05) is 18.0 Å². The van der Waals surface area contributed by atoms with Gasteiger partial charge < -0.3 is 20.9 Å². The van der Waals surface area contributed by atoms with Crippen molar-refractivity contribution in [2.45, 2.75) is 37.9 Å². The number of piperidine rings is 1. The summed E-state index contributed by atoms with van der Waals surface area (Å²) in [6, 6.07) is 3.84. The molecular formula is C25H22F4N4O2. The number of hydrogen-bond donors (Lipinski definition) is 3. The molecule has 1 aliphatic heterocycles. The van der Waals surface area contributed by atoms with Crippen LogP contribution in [-0.4, -0.2) is 35.9 Å². The van der Waals surface area contributed by atoms with E-state index in [1.54, 1.807) is 4.90 Å². The van der Waals surface area contributed by atoms with E-state index in [2.05, 4.69) is 22.1 Å².